The number of esters is 1. The molecule has 2 bridgehead atoms. The van der Waals surface area contributed by atoms with E-state index in [2.05, 4.69) is 53.8 Å². The Morgan fingerprint density at radius 3 is 2.68 bits per heavy atom. The standard InChI is InChI=1S/C51H66N4O7S/c1-6-40-39-31-38(48(58)55-28-19-26-51(55,33-39)35(3)56)32-41(47(40)54(4)60-5)36-22-23-43-37(30-36)24-27-50(7-2,62-43)25-17-13-11-9-8-10-12-14-18-29-61-45(57)21-16-15-20-44-46-42(34-63-44)52-49(59)53-46/h1,13,17,22-24,27,30-32,39-40,42,44,46H,7-12,14-16,18-21,25-26,28-29,33-34H2,2-5H3,(H-,52,53,59)/p+1/b17-13+,54-47+/t39?,40-,42?,44+,46?,50?,51+/m1/s1. The summed E-state index contributed by atoms with van der Waals surface area (Å²) in [4.78, 5) is 58.7. The Balaban J connectivity index is 0.843. The number of terminal acetylenes is 1. The number of unbranched alkanes of at least 4 members (excludes halogenated alkanes) is 7. The SMILES string of the molecule is C#C[C@H]1/C(=[N+](/C)OC)C(c2ccc3c(c2)C=CC(CC)(C/C=C/CCCCCCCCOC(=O)CCCC[C@@H]2SCC4NC(=O)NC42)O3)=CC2=CC1C[C@]1(C(C)=O)CCCN1C2=O. The Labute approximate surface area is 378 Å². The minimum atomic E-state index is -0.841. The summed E-state index contributed by atoms with van der Waals surface area (Å²) in [5.41, 5.74) is 2.76. The number of nitrogens with zero attached hydrogens (tertiary/aromatic N) is 2. The fourth-order valence-electron chi connectivity index (χ4n) is 10.5. The van der Waals surface area contributed by atoms with Crippen molar-refractivity contribution in [3.8, 4) is 18.1 Å². The van der Waals surface area contributed by atoms with E-state index in [-0.39, 0.29) is 41.7 Å². The lowest BCUT2D eigenvalue weighted by Crippen LogP contribution is -2.53. The maximum atomic E-state index is 14.2. The van der Waals surface area contributed by atoms with Gasteiger partial charge in [-0.2, -0.15) is 11.8 Å². The number of allylic oxidation sites excluding steroid dienone is 3. The highest BCUT2D eigenvalue weighted by atomic mass is 32.2. The molecule has 7 atom stereocenters. The van der Waals surface area contributed by atoms with E-state index in [9.17, 15) is 19.2 Å². The molecule has 0 spiro atoms. The van der Waals surface area contributed by atoms with Gasteiger partial charge in [0.2, 0.25) is 5.71 Å². The Morgan fingerprint density at radius 2 is 1.90 bits per heavy atom. The van der Waals surface area contributed by atoms with Crippen molar-refractivity contribution in [1.29, 1.82) is 0 Å². The van der Waals surface area contributed by atoms with Crippen LogP contribution >= 0.6 is 11.8 Å². The van der Waals surface area contributed by atoms with Gasteiger partial charge in [-0.25, -0.2) is 4.79 Å². The number of carbonyl (C=O) groups excluding carboxylic acids is 4. The Morgan fingerprint density at radius 1 is 1.10 bits per heavy atom. The van der Waals surface area contributed by atoms with Crippen LogP contribution in [0.3, 0.4) is 0 Å². The maximum absolute atomic E-state index is 14.2. The van der Waals surface area contributed by atoms with Gasteiger partial charge in [-0.1, -0.05) is 75.3 Å². The second-order valence-electron chi connectivity index (χ2n) is 18.2. The van der Waals surface area contributed by atoms with Crippen molar-refractivity contribution < 1.29 is 38.2 Å². The number of ether oxygens (including phenoxy) is 2. The van der Waals surface area contributed by atoms with Crippen molar-refractivity contribution in [3.63, 3.8) is 0 Å². The van der Waals surface area contributed by atoms with Crippen molar-refractivity contribution in [1.82, 2.24) is 15.5 Å². The van der Waals surface area contributed by atoms with Gasteiger partial charge in [-0.15, -0.1) is 6.42 Å². The van der Waals surface area contributed by atoms with Crippen LogP contribution in [-0.2, 0) is 24.0 Å². The first-order valence-electron chi connectivity index (χ1n) is 23.4. The van der Waals surface area contributed by atoms with E-state index in [0.29, 0.717) is 43.2 Å². The van der Waals surface area contributed by atoms with Gasteiger partial charge in [0.25, 0.3) is 5.91 Å². The molecule has 5 aliphatic heterocycles. The maximum Gasteiger partial charge on any atom is 0.315 e. The van der Waals surface area contributed by atoms with Crippen LogP contribution in [0.4, 0.5) is 4.79 Å². The fraction of sp³-hybridized carbons (Fsp3) is 0.588. The lowest BCUT2D eigenvalue weighted by molar-refractivity contribution is -0.761. The molecule has 0 aromatic heterocycles. The molecule has 3 fully saturated rings. The number of hydroxylamine groups is 1. The molecule has 63 heavy (non-hydrogen) atoms. The van der Waals surface area contributed by atoms with Crippen LogP contribution < -0.4 is 15.4 Å². The lowest BCUT2D eigenvalue weighted by Gasteiger charge is -2.37. The van der Waals surface area contributed by atoms with Crippen LogP contribution in [0.2, 0.25) is 0 Å². The van der Waals surface area contributed by atoms with Gasteiger partial charge in [0.05, 0.1) is 24.3 Å². The van der Waals surface area contributed by atoms with Gasteiger partial charge in [0, 0.05) is 47.4 Å². The van der Waals surface area contributed by atoms with E-state index in [1.54, 1.807) is 23.7 Å². The smallest absolute Gasteiger partial charge is 0.315 e. The minimum Gasteiger partial charge on any atom is -0.482 e. The molecule has 6 aliphatic rings. The van der Waals surface area contributed by atoms with Gasteiger partial charge >= 0.3 is 12.0 Å². The number of fused-ring (bicyclic) bond motifs is 4. The molecule has 338 valence electrons. The molecule has 0 saturated carbocycles. The van der Waals surface area contributed by atoms with Gasteiger partial charge in [-0.3, -0.25) is 19.2 Å². The second-order valence-corrected chi connectivity index (χ2v) is 19.5. The molecule has 12 heteroatoms. The Bertz CT molecular complexity index is 2100. The van der Waals surface area contributed by atoms with E-state index in [1.165, 1.54) is 12.8 Å². The van der Waals surface area contributed by atoms with E-state index in [1.807, 2.05) is 43.1 Å². The van der Waals surface area contributed by atoms with E-state index in [4.69, 9.17) is 20.7 Å². The summed E-state index contributed by atoms with van der Waals surface area (Å²) in [5.74, 6) is 3.97. The average molecular weight is 880 g/mol. The zero-order valence-electron chi connectivity index (χ0n) is 37.8. The molecular weight excluding hydrogens is 813 g/mol. The second kappa shape index (κ2) is 20.8. The van der Waals surface area contributed by atoms with Crippen molar-refractivity contribution in [3.05, 3.63) is 65.3 Å². The summed E-state index contributed by atoms with van der Waals surface area (Å²) in [6, 6.07) is 6.58. The van der Waals surface area contributed by atoms with Gasteiger partial charge < -0.3 is 25.0 Å². The molecular formula is C51H67N4O7S+. The third-order valence-electron chi connectivity index (χ3n) is 14.2. The number of urea groups is 1. The number of hydrogen-bond donors (Lipinski definition) is 2. The van der Waals surface area contributed by atoms with Crippen molar-refractivity contribution in [2.24, 2.45) is 11.8 Å². The first kappa shape index (κ1) is 46.2. The topological polar surface area (TPSA) is 126 Å². The van der Waals surface area contributed by atoms with Crippen LogP contribution in [0.15, 0.2) is 54.2 Å². The van der Waals surface area contributed by atoms with Crippen LogP contribution in [-0.4, -0.2) is 101 Å². The minimum absolute atomic E-state index is 0.0172. The normalized spacial score (nSPS) is 28.9. The third-order valence-corrected chi connectivity index (χ3v) is 15.7. The fourth-order valence-corrected chi connectivity index (χ4v) is 12.0. The molecule has 1 aromatic carbocycles. The Kier molecular flexibility index (Phi) is 15.3. The zero-order chi connectivity index (χ0) is 44.6. The average Bonchev–Trinajstić information content (AvgIpc) is 3.94. The van der Waals surface area contributed by atoms with Gasteiger partial charge in [0.15, 0.2) is 12.8 Å². The molecule has 0 radical (unpaired) electrons. The highest BCUT2D eigenvalue weighted by Crippen LogP contribution is 2.46. The highest BCUT2D eigenvalue weighted by Gasteiger charge is 2.53. The lowest BCUT2D eigenvalue weighted by atomic mass is 9.75. The summed E-state index contributed by atoms with van der Waals surface area (Å²) >= 11 is 1.91. The number of ketones is 1. The number of nitrogens with one attached hydrogen (secondary N) is 2. The van der Waals surface area contributed by atoms with Gasteiger partial charge in [0.1, 0.15) is 29.9 Å². The largest absolute Gasteiger partial charge is 0.482 e. The predicted molar refractivity (Wildman–Crippen MR) is 249 cm³/mol. The third kappa shape index (κ3) is 10.3. The van der Waals surface area contributed by atoms with Crippen molar-refractivity contribution in [2.45, 2.75) is 145 Å². The number of benzene rings is 1. The van der Waals surface area contributed by atoms with E-state index >= 15 is 0 Å². The van der Waals surface area contributed by atoms with Crippen LogP contribution in [0.5, 0.6) is 5.75 Å². The molecule has 5 heterocycles. The molecule has 1 aromatic rings. The number of amides is 3. The first-order valence-corrected chi connectivity index (χ1v) is 24.5. The molecule has 4 unspecified atom stereocenters. The molecule has 1 aliphatic carbocycles. The molecule has 3 amide bonds. The van der Waals surface area contributed by atoms with Crippen molar-refractivity contribution >= 4 is 52.8 Å². The number of Topliss-reactive ketones (excluding diaryl/α,β-unsaturated/α-hetero) is 1. The molecule has 11 nitrogen and oxygen atoms in total. The number of carbonyl (C=O) groups is 4. The number of rotatable bonds is 20. The van der Waals surface area contributed by atoms with Crippen LogP contribution in [0.1, 0.15) is 128 Å². The summed E-state index contributed by atoms with van der Waals surface area (Å²) in [7, 11) is 3.45. The summed E-state index contributed by atoms with van der Waals surface area (Å²) in [5, 5.41) is 6.44. The van der Waals surface area contributed by atoms with Gasteiger partial charge in [-0.05, 0) is 99.3 Å². The summed E-state index contributed by atoms with van der Waals surface area (Å²) in [6.45, 7) is 4.83. The van der Waals surface area contributed by atoms with Crippen molar-refractivity contribution in [2.75, 3.05) is 33.1 Å². The Hall–Kier alpha value is -4.76. The quantitative estimate of drug-likeness (QED) is 0.0255. The number of thioether (sulfide) groups is 1. The first-order chi connectivity index (χ1) is 30.5. The van der Waals surface area contributed by atoms with Crippen LogP contribution in [0, 0.1) is 24.2 Å². The monoisotopic (exact) mass is 879 g/mol. The predicted octanol–water partition coefficient (Wildman–Crippen LogP) is 8.37. The summed E-state index contributed by atoms with van der Waals surface area (Å²) in [6.07, 6.45) is 33.6. The molecule has 2 N–H and O–H groups in total. The van der Waals surface area contributed by atoms with E-state index in [0.717, 1.165) is 105 Å². The summed E-state index contributed by atoms with van der Waals surface area (Å²) < 4.78 is 13.9. The number of hydrogen-bond acceptors (Lipinski definition) is 8. The molecule has 7 rings (SSSR count). The zero-order valence-corrected chi connectivity index (χ0v) is 38.6. The molecule has 3 saturated heterocycles. The van der Waals surface area contributed by atoms with Crippen LogP contribution in [0.25, 0.3) is 11.6 Å². The highest BCUT2D eigenvalue weighted by molar-refractivity contribution is 8.00. The van der Waals surface area contributed by atoms with E-state index < -0.39 is 17.1 Å².